The number of hydrogen-bond acceptors (Lipinski definition) is 2. The lowest BCUT2D eigenvalue weighted by molar-refractivity contribution is 0.102. The van der Waals surface area contributed by atoms with E-state index in [1.165, 1.54) is 12.1 Å². The van der Waals surface area contributed by atoms with Gasteiger partial charge in [0.2, 0.25) is 0 Å². The number of carbonyl (C=O) groups is 1. The van der Waals surface area contributed by atoms with Crippen LogP contribution < -0.4 is 5.32 Å². The molecule has 0 unspecified atom stereocenters. The number of thiol groups is 1. The molecule has 0 spiro atoms. The molecule has 0 aliphatic heterocycles. The third-order valence-corrected chi connectivity index (χ3v) is 2.99. The van der Waals surface area contributed by atoms with Gasteiger partial charge in [0.15, 0.2) is 0 Å². The summed E-state index contributed by atoms with van der Waals surface area (Å²) in [7, 11) is 0. The Bertz CT molecular complexity index is 598. The Morgan fingerprint density at radius 3 is 2.67 bits per heavy atom. The van der Waals surface area contributed by atoms with Crippen LogP contribution in [0.3, 0.4) is 0 Å². The predicted molar refractivity (Wildman–Crippen MR) is 72.8 cm³/mol. The van der Waals surface area contributed by atoms with Crippen molar-refractivity contribution in [3.8, 4) is 0 Å². The van der Waals surface area contributed by atoms with Gasteiger partial charge in [0.25, 0.3) is 5.91 Å². The van der Waals surface area contributed by atoms with Crippen molar-refractivity contribution in [3.63, 3.8) is 0 Å². The molecule has 2 rings (SSSR count). The highest BCUT2D eigenvalue weighted by molar-refractivity contribution is 7.80. The second-order valence-corrected chi connectivity index (χ2v) is 4.41. The smallest absolute Gasteiger partial charge is 0.256 e. The van der Waals surface area contributed by atoms with Gasteiger partial charge in [-0.3, -0.25) is 4.79 Å². The van der Waals surface area contributed by atoms with Crippen LogP contribution in [0.4, 0.5) is 10.1 Å². The molecular formula is C14H12FNOS. The highest BCUT2D eigenvalue weighted by Crippen LogP contribution is 2.19. The van der Waals surface area contributed by atoms with Crippen LogP contribution in [0.5, 0.6) is 0 Å². The Balaban J connectivity index is 2.27. The summed E-state index contributed by atoms with van der Waals surface area (Å²) >= 11 is 4.21. The molecule has 2 aromatic rings. The van der Waals surface area contributed by atoms with Crippen LogP contribution in [0.15, 0.2) is 47.4 Å². The molecule has 0 aliphatic rings. The number of benzene rings is 2. The molecule has 1 amide bonds. The molecule has 0 saturated carbocycles. The summed E-state index contributed by atoms with van der Waals surface area (Å²) in [5.74, 6) is -0.677. The SMILES string of the molecule is Cc1ccc(F)cc1NC(=O)c1ccccc1S. The highest BCUT2D eigenvalue weighted by Gasteiger charge is 2.10. The van der Waals surface area contributed by atoms with Gasteiger partial charge in [-0.25, -0.2) is 4.39 Å². The van der Waals surface area contributed by atoms with E-state index in [1.807, 2.05) is 6.92 Å². The molecule has 0 aromatic heterocycles. The summed E-state index contributed by atoms with van der Waals surface area (Å²) in [5.41, 5.74) is 1.74. The molecule has 2 aromatic carbocycles. The predicted octanol–water partition coefficient (Wildman–Crippen LogP) is 3.68. The van der Waals surface area contributed by atoms with Crippen LogP contribution in [0, 0.1) is 12.7 Å². The maximum Gasteiger partial charge on any atom is 0.256 e. The van der Waals surface area contributed by atoms with Crippen LogP contribution in [-0.4, -0.2) is 5.91 Å². The van der Waals surface area contributed by atoms with E-state index < -0.39 is 0 Å². The molecular weight excluding hydrogens is 249 g/mol. The largest absolute Gasteiger partial charge is 0.322 e. The van der Waals surface area contributed by atoms with E-state index >= 15 is 0 Å². The van der Waals surface area contributed by atoms with E-state index in [-0.39, 0.29) is 11.7 Å². The number of amides is 1. The highest BCUT2D eigenvalue weighted by atomic mass is 32.1. The van der Waals surface area contributed by atoms with Crippen molar-refractivity contribution in [2.24, 2.45) is 0 Å². The maximum atomic E-state index is 13.1. The summed E-state index contributed by atoms with van der Waals surface area (Å²) in [6.45, 7) is 1.81. The molecule has 0 fully saturated rings. The van der Waals surface area contributed by atoms with E-state index in [0.29, 0.717) is 16.1 Å². The zero-order valence-electron chi connectivity index (χ0n) is 9.77. The number of rotatable bonds is 2. The van der Waals surface area contributed by atoms with Crippen molar-refractivity contribution < 1.29 is 9.18 Å². The number of anilines is 1. The van der Waals surface area contributed by atoms with Crippen LogP contribution >= 0.6 is 12.6 Å². The Morgan fingerprint density at radius 1 is 1.22 bits per heavy atom. The number of halogens is 1. The van der Waals surface area contributed by atoms with Crippen molar-refractivity contribution >= 4 is 24.2 Å². The van der Waals surface area contributed by atoms with Crippen molar-refractivity contribution in [2.75, 3.05) is 5.32 Å². The summed E-state index contributed by atoms with van der Waals surface area (Å²) in [4.78, 5) is 12.6. The van der Waals surface area contributed by atoms with E-state index in [0.717, 1.165) is 5.56 Å². The lowest BCUT2D eigenvalue weighted by atomic mass is 10.1. The topological polar surface area (TPSA) is 29.1 Å². The first-order valence-corrected chi connectivity index (χ1v) is 5.88. The molecule has 0 aliphatic carbocycles. The molecule has 0 saturated heterocycles. The fraction of sp³-hybridized carbons (Fsp3) is 0.0714. The summed E-state index contributed by atoms with van der Waals surface area (Å²) in [6.07, 6.45) is 0. The molecule has 92 valence electrons. The van der Waals surface area contributed by atoms with Gasteiger partial charge < -0.3 is 5.32 Å². The Kier molecular flexibility index (Phi) is 3.67. The van der Waals surface area contributed by atoms with Crippen molar-refractivity contribution in [2.45, 2.75) is 11.8 Å². The molecule has 2 nitrogen and oxygen atoms in total. The van der Waals surface area contributed by atoms with Gasteiger partial charge in [-0.05, 0) is 36.8 Å². The maximum absolute atomic E-state index is 13.1. The summed E-state index contributed by atoms with van der Waals surface area (Å²) in [5, 5.41) is 2.68. The van der Waals surface area contributed by atoms with Crippen molar-refractivity contribution in [3.05, 3.63) is 59.4 Å². The standard InChI is InChI=1S/C14H12FNOS/c1-9-6-7-10(15)8-12(9)16-14(17)11-4-2-3-5-13(11)18/h2-8,18H,1H3,(H,16,17). The minimum absolute atomic E-state index is 0.297. The fourth-order valence-corrected chi connectivity index (χ4v) is 1.85. The van der Waals surface area contributed by atoms with Crippen LogP contribution in [0.1, 0.15) is 15.9 Å². The molecule has 4 heteroatoms. The van der Waals surface area contributed by atoms with Gasteiger partial charge in [-0.15, -0.1) is 12.6 Å². The minimum atomic E-state index is -0.380. The quantitative estimate of drug-likeness (QED) is 0.793. The van der Waals surface area contributed by atoms with Gasteiger partial charge in [-0.1, -0.05) is 18.2 Å². The van der Waals surface area contributed by atoms with Crippen LogP contribution in [0.25, 0.3) is 0 Å². The monoisotopic (exact) mass is 261 g/mol. The molecule has 1 N–H and O–H groups in total. The van der Waals surface area contributed by atoms with Gasteiger partial charge >= 0.3 is 0 Å². The number of carbonyl (C=O) groups excluding carboxylic acids is 1. The van der Waals surface area contributed by atoms with Crippen LogP contribution in [-0.2, 0) is 0 Å². The van der Waals surface area contributed by atoms with E-state index in [9.17, 15) is 9.18 Å². The Hall–Kier alpha value is -1.81. The van der Waals surface area contributed by atoms with Crippen molar-refractivity contribution in [1.82, 2.24) is 0 Å². The zero-order valence-corrected chi connectivity index (χ0v) is 10.7. The molecule has 0 radical (unpaired) electrons. The normalized spacial score (nSPS) is 10.2. The van der Waals surface area contributed by atoms with E-state index in [4.69, 9.17) is 0 Å². The zero-order chi connectivity index (χ0) is 13.1. The van der Waals surface area contributed by atoms with Gasteiger partial charge in [-0.2, -0.15) is 0 Å². The molecule has 0 bridgehead atoms. The van der Waals surface area contributed by atoms with Crippen molar-refractivity contribution in [1.29, 1.82) is 0 Å². The summed E-state index contributed by atoms with van der Waals surface area (Å²) < 4.78 is 13.1. The first-order chi connectivity index (χ1) is 8.58. The molecule has 0 heterocycles. The lowest BCUT2D eigenvalue weighted by Gasteiger charge is -2.09. The van der Waals surface area contributed by atoms with Crippen LogP contribution in [0.2, 0.25) is 0 Å². The van der Waals surface area contributed by atoms with E-state index in [2.05, 4.69) is 17.9 Å². The van der Waals surface area contributed by atoms with E-state index in [1.54, 1.807) is 30.3 Å². The minimum Gasteiger partial charge on any atom is -0.322 e. The third kappa shape index (κ3) is 2.71. The molecule has 0 atom stereocenters. The average molecular weight is 261 g/mol. The second-order valence-electron chi connectivity index (χ2n) is 3.93. The first-order valence-electron chi connectivity index (χ1n) is 5.43. The number of nitrogens with one attached hydrogen (secondary N) is 1. The number of hydrogen-bond donors (Lipinski definition) is 2. The van der Waals surface area contributed by atoms with Gasteiger partial charge in [0.1, 0.15) is 5.82 Å². The lowest BCUT2D eigenvalue weighted by Crippen LogP contribution is -2.13. The number of aryl methyl sites for hydroxylation is 1. The summed E-state index contributed by atoms with van der Waals surface area (Å²) in [6, 6.07) is 11.2. The van der Waals surface area contributed by atoms with Gasteiger partial charge in [0, 0.05) is 10.6 Å². The Morgan fingerprint density at radius 2 is 1.94 bits per heavy atom. The fourth-order valence-electron chi connectivity index (χ4n) is 1.58. The first kappa shape index (κ1) is 12.6. The second kappa shape index (κ2) is 5.23. The van der Waals surface area contributed by atoms with Gasteiger partial charge in [0.05, 0.1) is 5.56 Å². The molecule has 18 heavy (non-hydrogen) atoms. The average Bonchev–Trinajstić information content (AvgIpc) is 2.34. The third-order valence-electron chi connectivity index (χ3n) is 2.60. The Labute approximate surface area is 110 Å².